The first-order valence-corrected chi connectivity index (χ1v) is 5.76. The fourth-order valence-corrected chi connectivity index (χ4v) is 2.34. The van der Waals surface area contributed by atoms with E-state index in [-0.39, 0.29) is 5.82 Å². The first kappa shape index (κ1) is 10.5. The lowest BCUT2D eigenvalue weighted by molar-refractivity contribution is 0.156. The van der Waals surface area contributed by atoms with Gasteiger partial charge in [0, 0.05) is 5.56 Å². The summed E-state index contributed by atoms with van der Waals surface area (Å²) >= 11 is 0. The quantitative estimate of drug-likeness (QED) is 0.819. The molecule has 0 fully saturated rings. The van der Waals surface area contributed by atoms with Crippen molar-refractivity contribution in [2.24, 2.45) is 0 Å². The van der Waals surface area contributed by atoms with Crippen molar-refractivity contribution >= 4 is 0 Å². The van der Waals surface area contributed by atoms with E-state index < -0.39 is 6.10 Å². The van der Waals surface area contributed by atoms with Crippen molar-refractivity contribution in [3.05, 3.63) is 47.5 Å². The first-order chi connectivity index (χ1) is 8.25. The highest BCUT2D eigenvalue weighted by Gasteiger charge is 2.22. The van der Waals surface area contributed by atoms with Gasteiger partial charge in [0.15, 0.2) is 0 Å². The fourth-order valence-electron chi connectivity index (χ4n) is 2.34. The van der Waals surface area contributed by atoms with Crippen LogP contribution in [0.25, 0.3) is 5.69 Å². The predicted molar refractivity (Wildman–Crippen MR) is 61.4 cm³/mol. The normalized spacial score (nSPS) is 19.1. The zero-order valence-electron chi connectivity index (χ0n) is 9.31. The molecular formula is C13H13FN2O. The smallest absolute Gasteiger partial charge is 0.123 e. The molecule has 1 atom stereocenters. The van der Waals surface area contributed by atoms with Crippen LogP contribution in [-0.2, 0) is 6.42 Å². The summed E-state index contributed by atoms with van der Waals surface area (Å²) < 4.78 is 14.6. The molecule has 0 radical (unpaired) electrons. The summed E-state index contributed by atoms with van der Waals surface area (Å²) in [6, 6.07) is 6.23. The van der Waals surface area contributed by atoms with Crippen LogP contribution in [0.15, 0.2) is 30.5 Å². The number of hydrogen-bond donors (Lipinski definition) is 1. The minimum atomic E-state index is -0.409. The number of benzene rings is 1. The zero-order chi connectivity index (χ0) is 11.8. The Morgan fingerprint density at radius 3 is 2.82 bits per heavy atom. The maximum atomic E-state index is 12.9. The standard InChI is InChI=1S/C13H13FN2O/c14-9-4-6-10(7-5-9)16-12-2-1-3-13(17)11(12)8-15-16/h4-8,13,17H,1-3H2/t13-/m0/s1. The van der Waals surface area contributed by atoms with Gasteiger partial charge in [0.25, 0.3) is 0 Å². The Labute approximate surface area is 98.5 Å². The van der Waals surface area contributed by atoms with E-state index in [4.69, 9.17) is 0 Å². The van der Waals surface area contributed by atoms with Gasteiger partial charge in [-0.25, -0.2) is 9.07 Å². The maximum absolute atomic E-state index is 12.9. The van der Waals surface area contributed by atoms with Crippen molar-refractivity contribution < 1.29 is 9.50 Å². The number of fused-ring (bicyclic) bond motifs is 1. The second kappa shape index (κ2) is 3.96. The minimum Gasteiger partial charge on any atom is -0.388 e. The first-order valence-electron chi connectivity index (χ1n) is 5.76. The largest absolute Gasteiger partial charge is 0.388 e. The van der Waals surface area contributed by atoms with Crippen molar-refractivity contribution in [2.45, 2.75) is 25.4 Å². The molecule has 0 saturated carbocycles. The van der Waals surface area contributed by atoms with Crippen LogP contribution in [0.4, 0.5) is 4.39 Å². The van der Waals surface area contributed by atoms with Gasteiger partial charge in [0.1, 0.15) is 5.82 Å². The molecule has 0 saturated heterocycles. The Kier molecular flexibility index (Phi) is 2.44. The van der Waals surface area contributed by atoms with Crippen LogP contribution in [0, 0.1) is 5.82 Å². The van der Waals surface area contributed by atoms with Crippen molar-refractivity contribution in [3.63, 3.8) is 0 Å². The summed E-state index contributed by atoms with van der Waals surface area (Å²) in [6.07, 6.45) is 3.96. The third-order valence-corrected chi connectivity index (χ3v) is 3.22. The summed E-state index contributed by atoms with van der Waals surface area (Å²) in [4.78, 5) is 0. The zero-order valence-corrected chi connectivity index (χ0v) is 9.31. The highest BCUT2D eigenvalue weighted by Crippen LogP contribution is 2.30. The number of aliphatic hydroxyl groups is 1. The third-order valence-electron chi connectivity index (χ3n) is 3.22. The lowest BCUT2D eigenvalue weighted by atomic mass is 9.95. The van der Waals surface area contributed by atoms with E-state index in [0.717, 1.165) is 36.2 Å². The van der Waals surface area contributed by atoms with Gasteiger partial charge >= 0.3 is 0 Å². The second-order valence-corrected chi connectivity index (χ2v) is 4.34. The van der Waals surface area contributed by atoms with Crippen molar-refractivity contribution in [1.29, 1.82) is 0 Å². The van der Waals surface area contributed by atoms with Crippen LogP contribution in [0.2, 0.25) is 0 Å². The lowest BCUT2D eigenvalue weighted by Gasteiger charge is -2.18. The van der Waals surface area contributed by atoms with Crippen LogP contribution in [-0.4, -0.2) is 14.9 Å². The van der Waals surface area contributed by atoms with E-state index in [2.05, 4.69) is 5.10 Å². The van der Waals surface area contributed by atoms with E-state index in [1.54, 1.807) is 23.0 Å². The number of aromatic nitrogens is 2. The van der Waals surface area contributed by atoms with Gasteiger partial charge in [-0.3, -0.25) is 0 Å². The number of aliphatic hydroxyl groups excluding tert-OH is 1. The van der Waals surface area contributed by atoms with Crippen LogP contribution >= 0.6 is 0 Å². The Morgan fingerprint density at radius 1 is 1.29 bits per heavy atom. The van der Waals surface area contributed by atoms with Gasteiger partial charge in [-0.2, -0.15) is 5.10 Å². The molecule has 0 amide bonds. The molecule has 0 aliphatic heterocycles. The van der Waals surface area contributed by atoms with Crippen molar-refractivity contribution in [3.8, 4) is 5.69 Å². The van der Waals surface area contributed by atoms with Crippen LogP contribution in [0.3, 0.4) is 0 Å². The topological polar surface area (TPSA) is 38.1 Å². The van der Waals surface area contributed by atoms with Gasteiger partial charge in [0.05, 0.1) is 23.7 Å². The van der Waals surface area contributed by atoms with E-state index >= 15 is 0 Å². The Balaban J connectivity index is 2.07. The monoisotopic (exact) mass is 232 g/mol. The average Bonchev–Trinajstić information content (AvgIpc) is 2.75. The highest BCUT2D eigenvalue weighted by atomic mass is 19.1. The molecule has 3 nitrogen and oxygen atoms in total. The third kappa shape index (κ3) is 1.74. The van der Waals surface area contributed by atoms with E-state index in [1.165, 1.54) is 12.1 Å². The SMILES string of the molecule is O[C@H]1CCCc2c1cnn2-c1ccc(F)cc1. The molecule has 1 aliphatic rings. The molecule has 4 heteroatoms. The van der Waals surface area contributed by atoms with E-state index in [1.807, 2.05) is 0 Å². The van der Waals surface area contributed by atoms with Gasteiger partial charge < -0.3 is 5.11 Å². The average molecular weight is 232 g/mol. The Bertz CT molecular complexity index is 533. The summed E-state index contributed by atoms with van der Waals surface area (Å²) in [7, 11) is 0. The summed E-state index contributed by atoms with van der Waals surface area (Å²) in [5, 5.41) is 14.1. The number of hydrogen-bond acceptors (Lipinski definition) is 2. The predicted octanol–water partition coefficient (Wildman–Crippen LogP) is 2.38. The molecule has 88 valence electrons. The second-order valence-electron chi connectivity index (χ2n) is 4.34. The molecular weight excluding hydrogens is 219 g/mol. The van der Waals surface area contributed by atoms with Crippen LogP contribution < -0.4 is 0 Å². The van der Waals surface area contributed by atoms with Crippen molar-refractivity contribution in [2.75, 3.05) is 0 Å². The molecule has 2 aromatic rings. The molecule has 1 N–H and O–H groups in total. The molecule has 1 aromatic carbocycles. The van der Waals surface area contributed by atoms with E-state index in [0.29, 0.717) is 0 Å². The van der Waals surface area contributed by atoms with Gasteiger partial charge in [-0.1, -0.05) is 0 Å². The van der Waals surface area contributed by atoms with Gasteiger partial charge in [0.2, 0.25) is 0 Å². The van der Waals surface area contributed by atoms with Crippen molar-refractivity contribution in [1.82, 2.24) is 9.78 Å². The van der Waals surface area contributed by atoms with Gasteiger partial charge in [-0.15, -0.1) is 0 Å². The number of halogens is 1. The molecule has 0 unspecified atom stereocenters. The van der Waals surface area contributed by atoms with Crippen LogP contribution in [0.5, 0.6) is 0 Å². The molecule has 3 rings (SSSR count). The van der Waals surface area contributed by atoms with Crippen LogP contribution in [0.1, 0.15) is 30.2 Å². The molecule has 0 bridgehead atoms. The summed E-state index contributed by atoms with van der Waals surface area (Å²) in [6.45, 7) is 0. The molecule has 1 aliphatic carbocycles. The maximum Gasteiger partial charge on any atom is 0.123 e. The van der Waals surface area contributed by atoms with Gasteiger partial charge in [-0.05, 0) is 43.5 Å². The Morgan fingerprint density at radius 2 is 2.06 bits per heavy atom. The lowest BCUT2D eigenvalue weighted by Crippen LogP contribution is -2.11. The number of nitrogens with zero attached hydrogens (tertiary/aromatic N) is 2. The summed E-state index contributed by atoms with van der Waals surface area (Å²) in [5.41, 5.74) is 2.78. The molecule has 1 aromatic heterocycles. The summed E-state index contributed by atoms with van der Waals surface area (Å²) in [5.74, 6) is -0.255. The fraction of sp³-hybridized carbons (Fsp3) is 0.308. The number of rotatable bonds is 1. The minimum absolute atomic E-state index is 0.255. The highest BCUT2D eigenvalue weighted by molar-refractivity contribution is 5.36. The van der Waals surface area contributed by atoms with E-state index in [9.17, 15) is 9.50 Å². The molecule has 1 heterocycles. The molecule has 0 spiro atoms. The Hall–Kier alpha value is -1.68. The molecule has 17 heavy (non-hydrogen) atoms.